The molecular formula is C16H18F3NO3. The summed E-state index contributed by atoms with van der Waals surface area (Å²) in [6.45, 7) is 2.90. The maximum Gasteiger partial charge on any atom is 0.573 e. The fraction of sp³-hybridized carbons (Fsp3) is 0.562. The second kappa shape index (κ2) is 6.03. The van der Waals surface area contributed by atoms with Crippen LogP contribution in [-0.4, -0.2) is 43.5 Å². The SMILES string of the molecule is O=C(Cc1cccc(OC(F)(F)F)c1)N1CC2(CCOCC2)C1. The minimum Gasteiger partial charge on any atom is -0.406 e. The van der Waals surface area contributed by atoms with Crippen LogP contribution < -0.4 is 4.74 Å². The lowest BCUT2D eigenvalue weighted by Gasteiger charge is -2.52. The first-order valence-electron chi connectivity index (χ1n) is 7.56. The quantitative estimate of drug-likeness (QED) is 0.856. The number of carbonyl (C=O) groups is 1. The molecule has 126 valence electrons. The zero-order chi connectivity index (χ0) is 16.5. The highest BCUT2D eigenvalue weighted by atomic mass is 19.4. The molecule has 1 aromatic rings. The van der Waals surface area contributed by atoms with Gasteiger partial charge in [0.2, 0.25) is 5.91 Å². The number of carbonyl (C=O) groups excluding carboxylic acids is 1. The standard InChI is InChI=1S/C16H18F3NO3/c17-16(18,19)23-13-3-1-2-12(8-13)9-14(21)20-10-15(11-20)4-6-22-7-5-15/h1-3,8H,4-7,9-11H2. The Kier molecular flexibility index (Phi) is 4.23. The Morgan fingerprint density at radius 3 is 2.61 bits per heavy atom. The smallest absolute Gasteiger partial charge is 0.406 e. The fourth-order valence-electron chi connectivity index (χ4n) is 3.20. The molecule has 0 radical (unpaired) electrons. The fourth-order valence-corrected chi connectivity index (χ4v) is 3.20. The van der Waals surface area contributed by atoms with Gasteiger partial charge in [0, 0.05) is 31.7 Å². The molecule has 2 aliphatic heterocycles. The van der Waals surface area contributed by atoms with Crippen LogP contribution in [0.5, 0.6) is 5.75 Å². The van der Waals surface area contributed by atoms with E-state index >= 15 is 0 Å². The van der Waals surface area contributed by atoms with Crippen molar-refractivity contribution in [1.29, 1.82) is 0 Å². The Hall–Kier alpha value is -1.76. The van der Waals surface area contributed by atoms with Gasteiger partial charge in [0.05, 0.1) is 6.42 Å². The Labute approximate surface area is 132 Å². The number of ether oxygens (including phenoxy) is 2. The third-order valence-electron chi connectivity index (χ3n) is 4.45. The summed E-state index contributed by atoms with van der Waals surface area (Å²) in [5.74, 6) is -0.362. The van der Waals surface area contributed by atoms with Gasteiger partial charge in [-0.1, -0.05) is 12.1 Å². The molecule has 1 amide bonds. The molecule has 0 aliphatic carbocycles. The molecule has 2 saturated heterocycles. The Morgan fingerprint density at radius 1 is 1.26 bits per heavy atom. The predicted octanol–water partition coefficient (Wildman–Crippen LogP) is 2.77. The van der Waals surface area contributed by atoms with Gasteiger partial charge in [-0.05, 0) is 30.5 Å². The molecule has 2 heterocycles. The second-order valence-electron chi connectivity index (χ2n) is 6.23. The van der Waals surface area contributed by atoms with Gasteiger partial charge in [-0.2, -0.15) is 0 Å². The van der Waals surface area contributed by atoms with Crippen LogP contribution in [0.15, 0.2) is 24.3 Å². The van der Waals surface area contributed by atoms with E-state index in [4.69, 9.17) is 4.74 Å². The largest absolute Gasteiger partial charge is 0.573 e. The number of hydrogen-bond acceptors (Lipinski definition) is 3. The lowest BCUT2D eigenvalue weighted by Crippen LogP contribution is -2.60. The zero-order valence-electron chi connectivity index (χ0n) is 12.6. The maximum absolute atomic E-state index is 12.2. The van der Waals surface area contributed by atoms with Crippen LogP contribution in [0.1, 0.15) is 18.4 Å². The molecule has 0 N–H and O–H groups in total. The van der Waals surface area contributed by atoms with Crippen LogP contribution in [0.4, 0.5) is 13.2 Å². The minimum atomic E-state index is -4.73. The van der Waals surface area contributed by atoms with E-state index in [1.807, 2.05) is 0 Å². The average Bonchev–Trinajstić information content (AvgIpc) is 2.44. The molecule has 0 aromatic heterocycles. The van der Waals surface area contributed by atoms with E-state index in [1.165, 1.54) is 18.2 Å². The molecule has 0 saturated carbocycles. The highest BCUT2D eigenvalue weighted by Crippen LogP contribution is 2.40. The van der Waals surface area contributed by atoms with Crippen molar-refractivity contribution < 1.29 is 27.4 Å². The van der Waals surface area contributed by atoms with Crippen LogP contribution in [0.2, 0.25) is 0 Å². The van der Waals surface area contributed by atoms with E-state index in [0.29, 0.717) is 18.7 Å². The van der Waals surface area contributed by atoms with Gasteiger partial charge in [-0.15, -0.1) is 13.2 Å². The lowest BCUT2D eigenvalue weighted by molar-refractivity contribution is -0.274. The Morgan fingerprint density at radius 2 is 1.96 bits per heavy atom. The highest BCUT2D eigenvalue weighted by Gasteiger charge is 2.45. The monoisotopic (exact) mass is 329 g/mol. The summed E-state index contributed by atoms with van der Waals surface area (Å²) in [4.78, 5) is 14.0. The summed E-state index contributed by atoms with van der Waals surface area (Å²) in [6, 6.07) is 5.57. The summed E-state index contributed by atoms with van der Waals surface area (Å²) in [6.07, 6.45) is -2.71. The molecule has 23 heavy (non-hydrogen) atoms. The number of nitrogens with zero attached hydrogens (tertiary/aromatic N) is 1. The van der Waals surface area contributed by atoms with Gasteiger partial charge < -0.3 is 14.4 Å². The molecule has 2 aliphatic rings. The van der Waals surface area contributed by atoms with Crippen molar-refractivity contribution in [3.05, 3.63) is 29.8 Å². The van der Waals surface area contributed by atoms with Crippen molar-refractivity contribution in [3.63, 3.8) is 0 Å². The number of benzene rings is 1. The first-order valence-corrected chi connectivity index (χ1v) is 7.56. The van der Waals surface area contributed by atoms with Crippen molar-refractivity contribution in [2.24, 2.45) is 5.41 Å². The third kappa shape index (κ3) is 3.96. The molecule has 2 fully saturated rings. The first-order chi connectivity index (χ1) is 10.9. The summed E-state index contributed by atoms with van der Waals surface area (Å²) in [5.41, 5.74) is 0.708. The molecule has 4 nitrogen and oxygen atoms in total. The Bertz CT molecular complexity index is 574. The molecular weight excluding hydrogens is 311 g/mol. The van der Waals surface area contributed by atoms with Gasteiger partial charge in [0.1, 0.15) is 5.75 Å². The van der Waals surface area contributed by atoms with Gasteiger partial charge in [-0.3, -0.25) is 4.79 Å². The number of halogens is 3. The molecule has 1 spiro atoms. The highest BCUT2D eigenvalue weighted by molar-refractivity contribution is 5.79. The molecule has 0 bridgehead atoms. The average molecular weight is 329 g/mol. The van der Waals surface area contributed by atoms with Gasteiger partial charge >= 0.3 is 6.36 Å². The van der Waals surface area contributed by atoms with Gasteiger partial charge in [0.25, 0.3) is 0 Å². The van der Waals surface area contributed by atoms with Crippen molar-refractivity contribution in [3.8, 4) is 5.75 Å². The van der Waals surface area contributed by atoms with Crippen LogP contribution in [0.25, 0.3) is 0 Å². The summed E-state index contributed by atoms with van der Waals surface area (Å²) in [7, 11) is 0. The third-order valence-corrected chi connectivity index (χ3v) is 4.45. The summed E-state index contributed by atoms with van der Waals surface area (Å²) in [5, 5.41) is 0. The van der Waals surface area contributed by atoms with Gasteiger partial charge in [0.15, 0.2) is 0 Å². The van der Waals surface area contributed by atoms with E-state index in [0.717, 1.165) is 26.1 Å². The second-order valence-corrected chi connectivity index (χ2v) is 6.23. The predicted molar refractivity (Wildman–Crippen MR) is 75.9 cm³/mol. The molecule has 3 rings (SSSR count). The molecule has 1 aromatic carbocycles. The first kappa shape index (κ1) is 16.1. The van der Waals surface area contributed by atoms with Crippen LogP contribution in [0.3, 0.4) is 0 Å². The summed E-state index contributed by atoms with van der Waals surface area (Å²) < 4.78 is 45.9. The van der Waals surface area contributed by atoms with E-state index in [-0.39, 0.29) is 23.5 Å². The number of rotatable bonds is 3. The van der Waals surface area contributed by atoms with Crippen molar-refractivity contribution >= 4 is 5.91 Å². The zero-order valence-corrected chi connectivity index (χ0v) is 12.6. The number of amides is 1. The van der Waals surface area contributed by atoms with Crippen molar-refractivity contribution in [2.45, 2.75) is 25.6 Å². The number of alkyl halides is 3. The molecule has 7 heteroatoms. The van der Waals surface area contributed by atoms with Crippen LogP contribution >= 0.6 is 0 Å². The molecule has 0 atom stereocenters. The van der Waals surface area contributed by atoms with Crippen LogP contribution in [0, 0.1) is 5.41 Å². The van der Waals surface area contributed by atoms with Crippen molar-refractivity contribution in [1.82, 2.24) is 4.90 Å². The molecule has 0 unspecified atom stereocenters. The Balaban J connectivity index is 1.55. The minimum absolute atomic E-state index is 0.0636. The lowest BCUT2D eigenvalue weighted by atomic mass is 9.73. The van der Waals surface area contributed by atoms with Gasteiger partial charge in [-0.25, -0.2) is 0 Å². The van der Waals surface area contributed by atoms with E-state index in [1.54, 1.807) is 11.0 Å². The van der Waals surface area contributed by atoms with E-state index in [9.17, 15) is 18.0 Å². The normalized spacial score (nSPS) is 20.2. The van der Waals surface area contributed by atoms with E-state index in [2.05, 4.69) is 4.74 Å². The van der Waals surface area contributed by atoms with Crippen LogP contribution in [-0.2, 0) is 16.0 Å². The summed E-state index contributed by atoms with van der Waals surface area (Å²) >= 11 is 0. The van der Waals surface area contributed by atoms with Crippen molar-refractivity contribution in [2.75, 3.05) is 26.3 Å². The number of hydrogen-bond donors (Lipinski definition) is 0. The topological polar surface area (TPSA) is 38.8 Å². The number of likely N-dealkylation sites (tertiary alicyclic amines) is 1. The van der Waals surface area contributed by atoms with E-state index < -0.39 is 6.36 Å². The maximum atomic E-state index is 12.2.